The number of hydrogen-bond donors (Lipinski definition) is 2. The Kier molecular flexibility index (Phi) is 3.71. The summed E-state index contributed by atoms with van der Waals surface area (Å²) < 4.78 is 1.84. The number of nitrogens with zero attached hydrogens (tertiary/aromatic N) is 4. The van der Waals surface area contributed by atoms with Crippen molar-refractivity contribution in [2.45, 2.75) is 33.4 Å². The molecule has 2 rings (SSSR count). The first kappa shape index (κ1) is 12.3. The van der Waals surface area contributed by atoms with Crippen LogP contribution in [0.1, 0.15) is 23.6 Å². The second-order valence-electron chi connectivity index (χ2n) is 4.11. The first-order chi connectivity index (χ1) is 8.65. The van der Waals surface area contributed by atoms with Gasteiger partial charge in [0, 0.05) is 18.7 Å². The van der Waals surface area contributed by atoms with Crippen LogP contribution in [-0.2, 0) is 17.9 Å². The standard InChI is InChI=1S/C11H16N6O/c1-8-5-9(2)17(16-8)4-3-11(18)12-6-10-13-7-14-15-10/h5,7H,3-4,6H2,1-2H3,(H,12,18)(H,13,14,15). The number of hydrogen-bond acceptors (Lipinski definition) is 4. The molecular formula is C11H16N6O. The highest BCUT2D eigenvalue weighted by molar-refractivity contribution is 5.75. The Balaban J connectivity index is 1.76. The molecule has 2 aromatic rings. The molecule has 0 bridgehead atoms. The lowest BCUT2D eigenvalue weighted by molar-refractivity contribution is -0.121. The van der Waals surface area contributed by atoms with Crippen LogP contribution in [0.25, 0.3) is 0 Å². The fraction of sp³-hybridized carbons (Fsp3) is 0.455. The number of amides is 1. The minimum absolute atomic E-state index is 0.0287. The van der Waals surface area contributed by atoms with Crippen molar-refractivity contribution in [2.75, 3.05) is 0 Å². The number of carbonyl (C=O) groups is 1. The van der Waals surface area contributed by atoms with Crippen LogP contribution in [0.5, 0.6) is 0 Å². The van der Waals surface area contributed by atoms with Crippen molar-refractivity contribution in [2.24, 2.45) is 0 Å². The predicted molar refractivity (Wildman–Crippen MR) is 64.5 cm³/mol. The minimum Gasteiger partial charge on any atom is -0.349 e. The predicted octanol–water partition coefficient (Wildman–Crippen LogP) is 0.325. The summed E-state index contributed by atoms with van der Waals surface area (Å²) in [6, 6.07) is 1.99. The van der Waals surface area contributed by atoms with Crippen molar-refractivity contribution in [3.8, 4) is 0 Å². The molecule has 0 saturated carbocycles. The van der Waals surface area contributed by atoms with E-state index in [1.165, 1.54) is 6.33 Å². The van der Waals surface area contributed by atoms with Crippen LogP contribution in [0.4, 0.5) is 0 Å². The molecule has 0 aliphatic heterocycles. The molecule has 96 valence electrons. The molecular weight excluding hydrogens is 232 g/mol. The molecule has 7 heteroatoms. The number of aromatic nitrogens is 5. The van der Waals surface area contributed by atoms with Gasteiger partial charge in [0.2, 0.25) is 5.91 Å². The second kappa shape index (κ2) is 5.44. The number of carbonyl (C=O) groups excluding carboxylic acids is 1. The molecule has 0 unspecified atom stereocenters. The van der Waals surface area contributed by atoms with Gasteiger partial charge < -0.3 is 5.32 Å². The van der Waals surface area contributed by atoms with Gasteiger partial charge in [-0.25, -0.2) is 4.98 Å². The van der Waals surface area contributed by atoms with Crippen LogP contribution in [0, 0.1) is 13.8 Å². The third-order valence-corrected chi connectivity index (χ3v) is 2.57. The number of aromatic amines is 1. The molecule has 0 aliphatic rings. The van der Waals surface area contributed by atoms with E-state index in [0.717, 1.165) is 11.4 Å². The van der Waals surface area contributed by atoms with Gasteiger partial charge in [-0.2, -0.15) is 10.2 Å². The Labute approximate surface area is 105 Å². The maximum absolute atomic E-state index is 11.6. The molecule has 0 aromatic carbocycles. The Morgan fingerprint density at radius 2 is 2.33 bits per heavy atom. The zero-order chi connectivity index (χ0) is 13.0. The molecule has 7 nitrogen and oxygen atoms in total. The Hall–Kier alpha value is -2.18. The maximum atomic E-state index is 11.6. The van der Waals surface area contributed by atoms with Crippen molar-refractivity contribution < 1.29 is 4.79 Å². The number of nitrogens with one attached hydrogen (secondary N) is 2. The quantitative estimate of drug-likeness (QED) is 0.797. The van der Waals surface area contributed by atoms with Gasteiger partial charge in [0.15, 0.2) is 0 Å². The first-order valence-electron chi connectivity index (χ1n) is 5.77. The summed E-state index contributed by atoms with van der Waals surface area (Å²) in [5.41, 5.74) is 2.03. The molecule has 2 N–H and O–H groups in total. The van der Waals surface area contributed by atoms with Crippen molar-refractivity contribution in [3.05, 3.63) is 29.6 Å². The molecule has 0 aliphatic carbocycles. The van der Waals surface area contributed by atoms with Gasteiger partial charge in [-0.15, -0.1) is 0 Å². The Morgan fingerprint density at radius 1 is 1.50 bits per heavy atom. The molecule has 0 fully saturated rings. The van der Waals surface area contributed by atoms with E-state index in [-0.39, 0.29) is 5.91 Å². The van der Waals surface area contributed by atoms with Crippen LogP contribution in [0.3, 0.4) is 0 Å². The summed E-state index contributed by atoms with van der Waals surface area (Å²) in [4.78, 5) is 15.5. The largest absolute Gasteiger partial charge is 0.349 e. The second-order valence-corrected chi connectivity index (χ2v) is 4.11. The molecule has 0 atom stereocenters. The molecule has 0 saturated heterocycles. The lowest BCUT2D eigenvalue weighted by Crippen LogP contribution is -2.24. The topological polar surface area (TPSA) is 88.5 Å². The molecule has 18 heavy (non-hydrogen) atoms. The van der Waals surface area contributed by atoms with E-state index >= 15 is 0 Å². The fourth-order valence-electron chi connectivity index (χ4n) is 1.70. The number of rotatable bonds is 5. The van der Waals surface area contributed by atoms with Gasteiger partial charge in [0.05, 0.1) is 12.2 Å². The summed E-state index contributed by atoms with van der Waals surface area (Å²) in [6.07, 6.45) is 1.81. The van der Waals surface area contributed by atoms with Crippen LogP contribution < -0.4 is 5.32 Å². The van der Waals surface area contributed by atoms with Gasteiger partial charge in [0.1, 0.15) is 12.2 Å². The summed E-state index contributed by atoms with van der Waals surface area (Å²) in [5, 5.41) is 13.5. The zero-order valence-corrected chi connectivity index (χ0v) is 10.5. The molecule has 1 amide bonds. The van der Waals surface area contributed by atoms with E-state index in [4.69, 9.17) is 0 Å². The highest BCUT2D eigenvalue weighted by Gasteiger charge is 2.05. The monoisotopic (exact) mass is 248 g/mol. The minimum atomic E-state index is -0.0287. The van der Waals surface area contributed by atoms with E-state index in [1.54, 1.807) is 0 Å². The third-order valence-electron chi connectivity index (χ3n) is 2.57. The highest BCUT2D eigenvalue weighted by Crippen LogP contribution is 2.02. The molecule has 2 heterocycles. The van der Waals surface area contributed by atoms with Crippen LogP contribution >= 0.6 is 0 Å². The fourth-order valence-corrected chi connectivity index (χ4v) is 1.70. The molecule has 0 spiro atoms. The van der Waals surface area contributed by atoms with E-state index < -0.39 is 0 Å². The van der Waals surface area contributed by atoms with Gasteiger partial charge in [-0.1, -0.05) is 0 Å². The third kappa shape index (κ3) is 3.16. The van der Waals surface area contributed by atoms with Crippen LogP contribution in [-0.4, -0.2) is 30.9 Å². The van der Waals surface area contributed by atoms with Gasteiger partial charge in [-0.05, 0) is 19.9 Å². The van der Waals surface area contributed by atoms with Crippen LogP contribution in [0.15, 0.2) is 12.4 Å². The summed E-state index contributed by atoms with van der Waals surface area (Å²) in [5.74, 6) is 0.619. The van der Waals surface area contributed by atoms with Crippen molar-refractivity contribution >= 4 is 5.91 Å². The zero-order valence-electron chi connectivity index (χ0n) is 10.5. The average Bonchev–Trinajstić information content (AvgIpc) is 2.94. The van der Waals surface area contributed by atoms with Gasteiger partial charge in [-0.3, -0.25) is 14.6 Å². The van der Waals surface area contributed by atoms with Gasteiger partial charge >= 0.3 is 0 Å². The average molecular weight is 248 g/mol. The summed E-state index contributed by atoms with van der Waals surface area (Å²) >= 11 is 0. The molecule has 2 aromatic heterocycles. The lowest BCUT2D eigenvalue weighted by Gasteiger charge is -2.05. The number of H-pyrrole nitrogens is 1. The van der Waals surface area contributed by atoms with Crippen LogP contribution in [0.2, 0.25) is 0 Å². The maximum Gasteiger partial charge on any atom is 0.222 e. The smallest absolute Gasteiger partial charge is 0.222 e. The van der Waals surface area contributed by atoms with E-state index in [9.17, 15) is 4.79 Å². The SMILES string of the molecule is Cc1cc(C)n(CCC(=O)NCc2ncn[nH]2)n1. The Morgan fingerprint density at radius 3 is 2.94 bits per heavy atom. The van der Waals surface area contributed by atoms with E-state index in [1.807, 2.05) is 24.6 Å². The highest BCUT2D eigenvalue weighted by atomic mass is 16.1. The van der Waals surface area contributed by atoms with E-state index in [2.05, 4.69) is 25.6 Å². The van der Waals surface area contributed by atoms with Crippen molar-refractivity contribution in [3.63, 3.8) is 0 Å². The normalized spacial score (nSPS) is 10.6. The van der Waals surface area contributed by atoms with Crippen molar-refractivity contribution in [1.29, 1.82) is 0 Å². The van der Waals surface area contributed by atoms with Gasteiger partial charge in [0.25, 0.3) is 0 Å². The molecule has 0 radical (unpaired) electrons. The lowest BCUT2D eigenvalue weighted by atomic mass is 10.3. The summed E-state index contributed by atoms with van der Waals surface area (Å²) in [6.45, 7) is 4.87. The summed E-state index contributed by atoms with van der Waals surface area (Å²) in [7, 11) is 0. The first-order valence-corrected chi connectivity index (χ1v) is 5.77. The Bertz CT molecular complexity index is 516. The van der Waals surface area contributed by atoms with E-state index in [0.29, 0.717) is 25.3 Å². The number of aryl methyl sites for hydroxylation is 3. The van der Waals surface area contributed by atoms with Crippen molar-refractivity contribution in [1.82, 2.24) is 30.3 Å².